The van der Waals surface area contributed by atoms with Crippen LogP contribution in [0.15, 0.2) is 70.5 Å². The van der Waals surface area contributed by atoms with E-state index >= 15 is 0 Å². The fourth-order valence-electron chi connectivity index (χ4n) is 2.85. The van der Waals surface area contributed by atoms with Crippen molar-refractivity contribution in [2.75, 3.05) is 18.6 Å². The normalized spacial score (nSPS) is 11.5. The summed E-state index contributed by atoms with van der Waals surface area (Å²) in [5.74, 6) is -0.260. The van der Waals surface area contributed by atoms with E-state index in [1.807, 2.05) is 30.5 Å². The van der Waals surface area contributed by atoms with E-state index in [2.05, 4.69) is 30.8 Å². The van der Waals surface area contributed by atoms with Gasteiger partial charge in [-0.15, -0.1) is 11.8 Å². The molecule has 6 heteroatoms. The van der Waals surface area contributed by atoms with Gasteiger partial charge in [0.25, 0.3) is 0 Å². The average Bonchev–Trinajstić information content (AvgIpc) is 2.77. The zero-order valence-corrected chi connectivity index (χ0v) is 19.8. The second kappa shape index (κ2) is 12.5. The van der Waals surface area contributed by atoms with Crippen molar-refractivity contribution in [1.29, 1.82) is 0 Å². The molecule has 0 bridgehead atoms. The second-order valence-electron chi connectivity index (χ2n) is 7.32. The Labute approximate surface area is 190 Å². The topological polar surface area (TPSA) is 60.4 Å². The predicted molar refractivity (Wildman–Crippen MR) is 130 cm³/mol. The van der Waals surface area contributed by atoms with Crippen LogP contribution in [0.3, 0.4) is 0 Å². The summed E-state index contributed by atoms with van der Waals surface area (Å²) in [5.41, 5.74) is 2.44. The molecular weight excluding hydrogens is 428 g/mol. The monoisotopic (exact) mass is 458 g/mol. The van der Waals surface area contributed by atoms with Crippen LogP contribution in [0.4, 0.5) is 0 Å². The first-order chi connectivity index (χ1) is 14.8. The third-order valence-corrected chi connectivity index (χ3v) is 7.27. The molecule has 4 nitrogen and oxygen atoms in total. The standard InChI is InChI=1S/C25H30O4S2/c1-20(2)25(26)29-18-6-4-5-7-19-31(27,28)24-16-12-22(13-17-24)9-8-21-10-14-23(30-3)15-11-21/h8-17H,1,4-7,18-19H2,2-3H3/b9-8+. The molecule has 0 spiro atoms. The van der Waals surface area contributed by atoms with Crippen molar-refractivity contribution < 1.29 is 17.9 Å². The predicted octanol–water partition coefficient (Wildman–Crippen LogP) is 6.03. The van der Waals surface area contributed by atoms with Gasteiger partial charge in [0.05, 0.1) is 17.3 Å². The molecule has 0 aromatic heterocycles. The SMILES string of the molecule is C=C(C)C(=O)OCCCCCCS(=O)(=O)c1ccc(/C=C/c2ccc(SC)cc2)cc1. The van der Waals surface area contributed by atoms with Crippen molar-refractivity contribution in [3.05, 3.63) is 71.8 Å². The average molecular weight is 459 g/mol. The highest BCUT2D eigenvalue weighted by molar-refractivity contribution is 7.98. The molecule has 0 aliphatic carbocycles. The highest BCUT2D eigenvalue weighted by atomic mass is 32.2. The summed E-state index contributed by atoms with van der Waals surface area (Å²) in [6.45, 7) is 5.48. The van der Waals surface area contributed by atoms with Gasteiger partial charge >= 0.3 is 5.97 Å². The number of carbonyl (C=O) groups is 1. The zero-order valence-electron chi connectivity index (χ0n) is 18.2. The summed E-state index contributed by atoms with van der Waals surface area (Å²) < 4.78 is 30.1. The number of hydrogen-bond acceptors (Lipinski definition) is 5. The molecular formula is C25H30O4S2. The summed E-state index contributed by atoms with van der Waals surface area (Å²) in [5, 5.41) is 0. The number of hydrogen-bond donors (Lipinski definition) is 0. The smallest absolute Gasteiger partial charge is 0.333 e. The van der Waals surface area contributed by atoms with Gasteiger partial charge < -0.3 is 4.74 Å². The molecule has 0 N–H and O–H groups in total. The quantitative estimate of drug-likeness (QED) is 0.128. The molecule has 31 heavy (non-hydrogen) atoms. The Morgan fingerprint density at radius 3 is 2.03 bits per heavy atom. The lowest BCUT2D eigenvalue weighted by Crippen LogP contribution is -2.08. The van der Waals surface area contributed by atoms with Crippen LogP contribution < -0.4 is 0 Å². The highest BCUT2D eigenvalue weighted by Crippen LogP contribution is 2.18. The van der Waals surface area contributed by atoms with E-state index in [0.29, 0.717) is 23.5 Å². The molecule has 0 amide bonds. The lowest BCUT2D eigenvalue weighted by Gasteiger charge is -2.06. The molecule has 2 rings (SSSR count). The molecule has 0 atom stereocenters. The Bertz CT molecular complexity index is 989. The van der Waals surface area contributed by atoms with Crippen LogP contribution in [0.25, 0.3) is 12.2 Å². The van der Waals surface area contributed by atoms with Gasteiger partial charge in [0.1, 0.15) is 0 Å². The minimum atomic E-state index is -3.29. The van der Waals surface area contributed by atoms with Gasteiger partial charge in [0.15, 0.2) is 9.84 Å². The minimum Gasteiger partial charge on any atom is -0.462 e. The summed E-state index contributed by atoms with van der Waals surface area (Å²) in [4.78, 5) is 12.8. The van der Waals surface area contributed by atoms with Gasteiger partial charge in [-0.05, 0) is 61.4 Å². The molecule has 0 fully saturated rings. The van der Waals surface area contributed by atoms with Crippen LogP contribution in [0.5, 0.6) is 0 Å². The van der Waals surface area contributed by atoms with E-state index in [1.165, 1.54) is 4.90 Å². The number of carbonyl (C=O) groups excluding carboxylic acids is 1. The third-order valence-electron chi connectivity index (χ3n) is 4.71. The van der Waals surface area contributed by atoms with Crippen molar-refractivity contribution >= 4 is 39.7 Å². The van der Waals surface area contributed by atoms with Crippen molar-refractivity contribution in [3.8, 4) is 0 Å². The summed E-state index contributed by atoms with van der Waals surface area (Å²) in [7, 11) is -3.29. The fraction of sp³-hybridized carbons (Fsp3) is 0.320. The zero-order chi connectivity index (χ0) is 22.7. The number of benzene rings is 2. The molecule has 0 saturated heterocycles. The summed E-state index contributed by atoms with van der Waals surface area (Å²) in [6, 6.07) is 15.3. The molecule has 0 radical (unpaired) electrons. The third kappa shape index (κ3) is 8.75. The highest BCUT2D eigenvalue weighted by Gasteiger charge is 2.13. The van der Waals surface area contributed by atoms with E-state index < -0.39 is 9.84 Å². The van der Waals surface area contributed by atoms with E-state index in [-0.39, 0.29) is 11.7 Å². The van der Waals surface area contributed by atoms with E-state index in [0.717, 1.165) is 30.4 Å². The number of unbranched alkanes of at least 4 members (excludes halogenated alkanes) is 3. The first-order valence-electron chi connectivity index (χ1n) is 10.3. The Morgan fingerprint density at radius 2 is 1.48 bits per heavy atom. The van der Waals surface area contributed by atoms with Crippen LogP contribution >= 0.6 is 11.8 Å². The van der Waals surface area contributed by atoms with E-state index in [9.17, 15) is 13.2 Å². The number of esters is 1. The van der Waals surface area contributed by atoms with Crippen LogP contribution in [-0.2, 0) is 19.4 Å². The number of ether oxygens (including phenoxy) is 1. The molecule has 0 aliphatic rings. The van der Waals surface area contributed by atoms with Gasteiger partial charge in [0, 0.05) is 10.5 Å². The lowest BCUT2D eigenvalue weighted by molar-refractivity contribution is -0.139. The van der Waals surface area contributed by atoms with Crippen LogP contribution in [0, 0.1) is 0 Å². The number of thioether (sulfide) groups is 1. The molecule has 0 aliphatic heterocycles. The summed E-state index contributed by atoms with van der Waals surface area (Å²) >= 11 is 1.71. The maximum Gasteiger partial charge on any atom is 0.333 e. The van der Waals surface area contributed by atoms with Crippen LogP contribution in [-0.4, -0.2) is 33.0 Å². The minimum absolute atomic E-state index is 0.121. The maximum absolute atomic E-state index is 12.5. The Balaban J connectivity index is 1.78. The van der Waals surface area contributed by atoms with Crippen molar-refractivity contribution in [2.45, 2.75) is 42.4 Å². The van der Waals surface area contributed by atoms with E-state index in [1.54, 1.807) is 30.8 Å². The van der Waals surface area contributed by atoms with Gasteiger partial charge in [-0.2, -0.15) is 0 Å². The van der Waals surface area contributed by atoms with Crippen molar-refractivity contribution in [2.24, 2.45) is 0 Å². The second-order valence-corrected chi connectivity index (χ2v) is 10.3. The lowest BCUT2D eigenvalue weighted by atomic mass is 10.1. The Kier molecular flexibility index (Phi) is 10.1. The molecule has 0 saturated carbocycles. The van der Waals surface area contributed by atoms with E-state index in [4.69, 9.17) is 4.74 Å². The largest absolute Gasteiger partial charge is 0.462 e. The molecule has 166 valence electrons. The van der Waals surface area contributed by atoms with Gasteiger partial charge in [-0.1, -0.05) is 55.8 Å². The molecule has 0 unspecified atom stereocenters. The maximum atomic E-state index is 12.5. The number of rotatable bonds is 12. The van der Waals surface area contributed by atoms with Crippen molar-refractivity contribution in [1.82, 2.24) is 0 Å². The first kappa shape index (κ1) is 25.0. The Morgan fingerprint density at radius 1 is 0.935 bits per heavy atom. The van der Waals surface area contributed by atoms with Crippen molar-refractivity contribution in [3.63, 3.8) is 0 Å². The van der Waals surface area contributed by atoms with Gasteiger partial charge in [0.2, 0.25) is 0 Å². The van der Waals surface area contributed by atoms with Gasteiger partial charge in [-0.3, -0.25) is 0 Å². The molecule has 2 aromatic carbocycles. The van der Waals surface area contributed by atoms with Crippen LogP contribution in [0.2, 0.25) is 0 Å². The fourth-order valence-corrected chi connectivity index (χ4v) is 4.63. The number of sulfone groups is 1. The molecule has 0 heterocycles. The Hall–Kier alpha value is -2.31. The first-order valence-corrected chi connectivity index (χ1v) is 13.2. The van der Waals surface area contributed by atoms with Gasteiger partial charge in [-0.25, -0.2) is 13.2 Å². The molecule has 2 aromatic rings. The summed E-state index contributed by atoms with van der Waals surface area (Å²) in [6.07, 6.45) is 8.95. The van der Waals surface area contributed by atoms with Crippen LogP contribution in [0.1, 0.15) is 43.7 Å².